The van der Waals surface area contributed by atoms with Gasteiger partial charge in [-0.1, -0.05) is 19.8 Å². The Kier molecular flexibility index (Phi) is 5.20. The monoisotopic (exact) mass is 251 g/mol. The van der Waals surface area contributed by atoms with E-state index in [0.29, 0.717) is 18.6 Å². The molecule has 1 aromatic rings. The van der Waals surface area contributed by atoms with E-state index in [4.69, 9.17) is 0 Å². The molecule has 2 rings (SSSR count). The summed E-state index contributed by atoms with van der Waals surface area (Å²) in [5, 5.41) is 13.0. The average molecular weight is 251 g/mol. The summed E-state index contributed by atoms with van der Waals surface area (Å²) in [7, 11) is 0. The zero-order chi connectivity index (χ0) is 12.8. The van der Waals surface area contributed by atoms with Crippen molar-refractivity contribution in [3.05, 3.63) is 18.2 Å². The van der Waals surface area contributed by atoms with Crippen LogP contribution in [0.25, 0.3) is 0 Å². The Balaban J connectivity index is 1.87. The van der Waals surface area contributed by atoms with Crippen molar-refractivity contribution in [2.75, 3.05) is 6.61 Å². The lowest BCUT2D eigenvalue weighted by Crippen LogP contribution is -2.40. The zero-order valence-corrected chi connectivity index (χ0v) is 11.3. The second-order valence-electron chi connectivity index (χ2n) is 5.25. The lowest BCUT2D eigenvalue weighted by atomic mass is 9.85. The van der Waals surface area contributed by atoms with Gasteiger partial charge in [0.2, 0.25) is 0 Å². The standard InChI is InChI=1S/C14H25N3O/c1-2-8-17-9-7-15-14(17)10-16-13-6-4-3-5-12(13)11-18/h7,9,12-13,16,18H,2-6,8,10-11H2,1H3. The zero-order valence-electron chi connectivity index (χ0n) is 11.3. The van der Waals surface area contributed by atoms with Crippen LogP contribution in [0.2, 0.25) is 0 Å². The largest absolute Gasteiger partial charge is 0.396 e. The predicted molar refractivity (Wildman–Crippen MR) is 72.2 cm³/mol. The first-order valence-electron chi connectivity index (χ1n) is 7.19. The van der Waals surface area contributed by atoms with E-state index in [0.717, 1.165) is 31.8 Å². The molecule has 0 amide bonds. The number of nitrogens with one attached hydrogen (secondary N) is 1. The summed E-state index contributed by atoms with van der Waals surface area (Å²) in [5.74, 6) is 1.53. The molecule has 2 atom stereocenters. The molecule has 102 valence electrons. The quantitative estimate of drug-likeness (QED) is 0.812. The van der Waals surface area contributed by atoms with Crippen LogP contribution in [0.5, 0.6) is 0 Å². The van der Waals surface area contributed by atoms with E-state index in [2.05, 4.69) is 21.8 Å². The molecule has 1 aliphatic carbocycles. The molecule has 1 aliphatic rings. The van der Waals surface area contributed by atoms with Crippen LogP contribution in [-0.2, 0) is 13.1 Å². The molecule has 18 heavy (non-hydrogen) atoms. The number of imidazole rings is 1. The van der Waals surface area contributed by atoms with Gasteiger partial charge in [0.15, 0.2) is 0 Å². The second-order valence-corrected chi connectivity index (χ2v) is 5.25. The molecule has 1 saturated carbocycles. The van der Waals surface area contributed by atoms with Crippen LogP contribution in [0.15, 0.2) is 12.4 Å². The molecular formula is C14H25N3O. The molecule has 0 spiro atoms. The summed E-state index contributed by atoms with van der Waals surface area (Å²) < 4.78 is 2.21. The minimum atomic E-state index is 0.307. The summed E-state index contributed by atoms with van der Waals surface area (Å²) in [6.07, 6.45) is 9.91. The highest BCUT2D eigenvalue weighted by Gasteiger charge is 2.24. The van der Waals surface area contributed by atoms with Crippen LogP contribution in [-0.4, -0.2) is 27.3 Å². The Labute approximate surface area is 109 Å². The van der Waals surface area contributed by atoms with Gasteiger partial charge in [-0.05, 0) is 25.2 Å². The molecule has 0 aromatic carbocycles. The maximum Gasteiger partial charge on any atom is 0.122 e. The molecular weight excluding hydrogens is 226 g/mol. The Morgan fingerprint density at radius 2 is 2.28 bits per heavy atom. The molecule has 1 heterocycles. The lowest BCUT2D eigenvalue weighted by molar-refractivity contribution is 0.151. The van der Waals surface area contributed by atoms with Crippen LogP contribution in [0, 0.1) is 5.92 Å². The normalized spacial score (nSPS) is 24.3. The van der Waals surface area contributed by atoms with Crippen molar-refractivity contribution in [2.24, 2.45) is 5.92 Å². The van der Waals surface area contributed by atoms with Crippen LogP contribution in [0.4, 0.5) is 0 Å². The maximum atomic E-state index is 9.40. The van der Waals surface area contributed by atoms with Gasteiger partial charge in [0.05, 0.1) is 6.54 Å². The Bertz CT molecular complexity index is 351. The van der Waals surface area contributed by atoms with E-state index < -0.39 is 0 Å². The first-order valence-corrected chi connectivity index (χ1v) is 7.19. The van der Waals surface area contributed by atoms with E-state index in [1.807, 2.05) is 12.4 Å². The summed E-state index contributed by atoms with van der Waals surface area (Å²) in [6.45, 7) is 4.33. The summed E-state index contributed by atoms with van der Waals surface area (Å²) in [4.78, 5) is 4.41. The summed E-state index contributed by atoms with van der Waals surface area (Å²) in [5.41, 5.74) is 0. The van der Waals surface area contributed by atoms with Crippen molar-refractivity contribution in [3.63, 3.8) is 0 Å². The topological polar surface area (TPSA) is 50.1 Å². The minimum absolute atomic E-state index is 0.307. The van der Waals surface area contributed by atoms with Gasteiger partial charge in [0, 0.05) is 31.6 Å². The molecule has 0 bridgehead atoms. The molecule has 2 unspecified atom stereocenters. The third-order valence-electron chi connectivity index (χ3n) is 3.93. The summed E-state index contributed by atoms with van der Waals surface area (Å²) >= 11 is 0. The molecule has 1 aromatic heterocycles. The van der Waals surface area contributed by atoms with Crippen molar-refractivity contribution < 1.29 is 5.11 Å². The van der Waals surface area contributed by atoms with E-state index >= 15 is 0 Å². The van der Waals surface area contributed by atoms with Gasteiger partial charge < -0.3 is 15.0 Å². The smallest absolute Gasteiger partial charge is 0.122 e. The number of aliphatic hydroxyl groups is 1. The fourth-order valence-corrected chi connectivity index (χ4v) is 2.87. The lowest BCUT2D eigenvalue weighted by Gasteiger charge is -2.31. The molecule has 2 N–H and O–H groups in total. The van der Waals surface area contributed by atoms with Crippen LogP contribution < -0.4 is 5.32 Å². The number of rotatable bonds is 6. The number of hydrogen-bond acceptors (Lipinski definition) is 3. The molecule has 0 saturated heterocycles. The van der Waals surface area contributed by atoms with E-state index in [1.165, 1.54) is 19.3 Å². The first kappa shape index (κ1) is 13.6. The molecule has 4 nitrogen and oxygen atoms in total. The second kappa shape index (κ2) is 6.90. The fourth-order valence-electron chi connectivity index (χ4n) is 2.87. The number of hydrogen-bond donors (Lipinski definition) is 2. The molecule has 4 heteroatoms. The van der Waals surface area contributed by atoms with Gasteiger partial charge in [-0.25, -0.2) is 4.98 Å². The molecule has 0 aliphatic heterocycles. The van der Waals surface area contributed by atoms with Gasteiger partial charge in [-0.3, -0.25) is 0 Å². The van der Waals surface area contributed by atoms with E-state index in [1.54, 1.807) is 0 Å². The van der Waals surface area contributed by atoms with Gasteiger partial charge in [-0.2, -0.15) is 0 Å². The maximum absolute atomic E-state index is 9.40. The van der Waals surface area contributed by atoms with Crippen molar-refractivity contribution in [1.82, 2.24) is 14.9 Å². The van der Waals surface area contributed by atoms with Crippen molar-refractivity contribution in [2.45, 2.75) is 58.2 Å². The fraction of sp³-hybridized carbons (Fsp3) is 0.786. The SMILES string of the molecule is CCCn1ccnc1CNC1CCCCC1CO. The Morgan fingerprint density at radius 3 is 3.06 bits per heavy atom. The van der Waals surface area contributed by atoms with Crippen molar-refractivity contribution >= 4 is 0 Å². The predicted octanol–water partition coefficient (Wildman–Crippen LogP) is 1.93. The average Bonchev–Trinajstić information content (AvgIpc) is 2.84. The molecule has 0 radical (unpaired) electrons. The minimum Gasteiger partial charge on any atom is -0.396 e. The van der Waals surface area contributed by atoms with Gasteiger partial charge in [0.25, 0.3) is 0 Å². The van der Waals surface area contributed by atoms with E-state index in [9.17, 15) is 5.11 Å². The van der Waals surface area contributed by atoms with Crippen LogP contribution in [0.1, 0.15) is 44.9 Å². The van der Waals surface area contributed by atoms with Gasteiger partial charge >= 0.3 is 0 Å². The van der Waals surface area contributed by atoms with Crippen molar-refractivity contribution in [3.8, 4) is 0 Å². The number of aromatic nitrogens is 2. The van der Waals surface area contributed by atoms with Crippen molar-refractivity contribution in [1.29, 1.82) is 0 Å². The summed E-state index contributed by atoms with van der Waals surface area (Å²) in [6, 6.07) is 0.454. The first-order chi connectivity index (χ1) is 8.85. The van der Waals surface area contributed by atoms with Crippen LogP contribution in [0.3, 0.4) is 0 Å². The van der Waals surface area contributed by atoms with Crippen LogP contribution >= 0.6 is 0 Å². The molecule has 1 fully saturated rings. The Morgan fingerprint density at radius 1 is 1.44 bits per heavy atom. The number of aryl methyl sites for hydroxylation is 1. The highest BCUT2D eigenvalue weighted by Crippen LogP contribution is 2.24. The number of nitrogens with zero attached hydrogens (tertiary/aromatic N) is 2. The third kappa shape index (κ3) is 3.33. The van der Waals surface area contributed by atoms with Gasteiger partial charge in [0.1, 0.15) is 5.82 Å². The number of aliphatic hydroxyl groups excluding tert-OH is 1. The highest BCUT2D eigenvalue weighted by atomic mass is 16.3. The highest BCUT2D eigenvalue weighted by molar-refractivity contribution is 4.93. The van der Waals surface area contributed by atoms with Gasteiger partial charge in [-0.15, -0.1) is 0 Å². The third-order valence-corrected chi connectivity index (χ3v) is 3.93. The van der Waals surface area contributed by atoms with E-state index in [-0.39, 0.29) is 0 Å². The Hall–Kier alpha value is -0.870.